The van der Waals surface area contributed by atoms with Gasteiger partial charge in [0.25, 0.3) is 0 Å². The number of nitrogens with two attached hydrogens (primary N) is 1. The standard InChI is InChI=1S/C9H9BrFNOS/c1-13-9(14)3-5-2-8(12)7(11)4-6(5)10/h2,4H,3,12H2,1H3. The quantitative estimate of drug-likeness (QED) is 0.667. The maximum absolute atomic E-state index is 13.0. The second kappa shape index (κ2) is 4.70. The van der Waals surface area contributed by atoms with E-state index in [9.17, 15) is 4.39 Å². The Labute approximate surface area is 95.4 Å². The van der Waals surface area contributed by atoms with Crippen molar-refractivity contribution in [1.29, 1.82) is 0 Å². The summed E-state index contributed by atoms with van der Waals surface area (Å²) in [5.41, 5.74) is 6.36. The molecular formula is C9H9BrFNOS. The molecule has 0 amide bonds. The molecule has 2 N–H and O–H groups in total. The van der Waals surface area contributed by atoms with Crippen LogP contribution < -0.4 is 5.73 Å². The fourth-order valence-electron chi connectivity index (χ4n) is 0.976. The van der Waals surface area contributed by atoms with Crippen LogP contribution in [0.5, 0.6) is 0 Å². The number of ether oxygens (including phenoxy) is 1. The summed E-state index contributed by atoms with van der Waals surface area (Å²) in [6.45, 7) is 0. The molecule has 76 valence electrons. The third kappa shape index (κ3) is 2.65. The van der Waals surface area contributed by atoms with Crippen molar-refractivity contribution < 1.29 is 9.13 Å². The van der Waals surface area contributed by atoms with Crippen molar-refractivity contribution >= 4 is 38.9 Å². The summed E-state index contributed by atoms with van der Waals surface area (Å²) >= 11 is 8.12. The summed E-state index contributed by atoms with van der Waals surface area (Å²) in [4.78, 5) is 0. The van der Waals surface area contributed by atoms with Crippen molar-refractivity contribution in [3.63, 3.8) is 0 Å². The van der Waals surface area contributed by atoms with Gasteiger partial charge in [-0.2, -0.15) is 0 Å². The summed E-state index contributed by atoms with van der Waals surface area (Å²) in [6, 6.07) is 2.87. The van der Waals surface area contributed by atoms with Crippen LogP contribution in [0.4, 0.5) is 10.1 Å². The van der Waals surface area contributed by atoms with Gasteiger partial charge in [-0.05, 0) is 29.9 Å². The van der Waals surface area contributed by atoms with E-state index < -0.39 is 5.82 Å². The predicted octanol–water partition coefficient (Wildman–Crippen LogP) is 2.69. The lowest BCUT2D eigenvalue weighted by Gasteiger charge is -2.07. The summed E-state index contributed by atoms with van der Waals surface area (Å²) in [7, 11) is 1.50. The van der Waals surface area contributed by atoms with Gasteiger partial charge in [0, 0.05) is 10.9 Å². The third-order valence-electron chi connectivity index (χ3n) is 1.73. The summed E-state index contributed by atoms with van der Waals surface area (Å²) in [6.07, 6.45) is 0.441. The molecule has 1 aromatic carbocycles. The molecule has 0 bridgehead atoms. The Hall–Kier alpha value is -0.680. The third-order valence-corrected chi connectivity index (χ3v) is 2.78. The molecular weight excluding hydrogens is 269 g/mol. The summed E-state index contributed by atoms with van der Waals surface area (Å²) < 4.78 is 18.5. The molecule has 0 fully saturated rings. The topological polar surface area (TPSA) is 35.2 Å². The van der Waals surface area contributed by atoms with E-state index in [1.807, 2.05) is 0 Å². The molecule has 0 aliphatic carbocycles. The van der Waals surface area contributed by atoms with E-state index in [1.54, 1.807) is 6.07 Å². The van der Waals surface area contributed by atoms with Gasteiger partial charge in [0.05, 0.1) is 12.8 Å². The smallest absolute Gasteiger partial charge is 0.163 e. The first-order valence-electron chi connectivity index (χ1n) is 3.84. The van der Waals surface area contributed by atoms with E-state index in [2.05, 4.69) is 15.9 Å². The summed E-state index contributed by atoms with van der Waals surface area (Å²) in [5, 5.41) is 0.441. The van der Waals surface area contributed by atoms with Crippen LogP contribution in [0.1, 0.15) is 5.56 Å². The van der Waals surface area contributed by atoms with E-state index in [0.29, 0.717) is 15.9 Å². The van der Waals surface area contributed by atoms with E-state index in [0.717, 1.165) is 5.56 Å². The van der Waals surface area contributed by atoms with Gasteiger partial charge >= 0.3 is 0 Å². The monoisotopic (exact) mass is 277 g/mol. The Kier molecular flexibility index (Phi) is 3.83. The van der Waals surface area contributed by atoms with Gasteiger partial charge in [0.2, 0.25) is 0 Å². The zero-order valence-electron chi connectivity index (χ0n) is 7.51. The zero-order chi connectivity index (χ0) is 10.7. The van der Waals surface area contributed by atoms with Crippen LogP contribution in [-0.4, -0.2) is 12.2 Å². The van der Waals surface area contributed by atoms with Gasteiger partial charge in [0.1, 0.15) is 5.82 Å². The first-order chi connectivity index (χ1) is 6.54. The predicted molar refractivity (Wildman–Crippen MR) is 61.8 cm³/mol. The van der Waals surface area contributed by atoms with Gasteiger partial charge in [-0.25, -0.2) is 4.39 Å². The van der Waals surface area contributed by atoms with E-state index in [1.165, 1.54) is 13.2 Å². The molecule has 0 radical (unpaired) electrons. The highest BCUT2D eigenvalue weighted by Gasteiger charge is 2.08. The Morgan fingerprint density at radius 3 is 2.86 bits per heavy atom. The molecule has 2 nitrogen and oxygen atoms in total. The molecule has 0 atom stereocenters. The average Bonchev–Trinajstić information content (AvgIpc) is 2.14. The van der Waals surface area contributed by atoms with E-state index in [4.69, 9.17) is 22.7 Å². The number of nitrogen functional groups attached to an aromatic ring is 1. The highest BCUT2D eigenvalue weighted by atomic mass is 79.9. The molecule has 5 heteroatoms. The molecule has 0 aliphatic rings. The van der Waals surface area contributed by atoms with E-state index in [-0.39, 0.29) is 5.69 Å². The van der Waals surface area contributed by atoms with Crippen molar-refractivity contribution in [2.24, 2.45) is 0 Å². The van der Waals surface area contributed by atoms with Gasteiger partial charge in [-0.1, -0.05) is 15.9 Å². The lowest BCUT2D eigenvalue weighted by molar-refractivity contribution is 0.406. The highest BCUT2D eigenvalue weighted by molar-refractivity contribution is 9.10. The number of hydrogen-bond donors (Lipinski definition) is 1. The molecule has 0 spiro atoms. The largest absolute Gasteiger partial charge is 0.490 e. The van der Waals surface area contributed by atoms with Crippen LogP contribution in [0.3, 0.4) is 0 Å². The van der Waals surface area contributed by atoms with Crippen molar-refractivity contribution in [2.75, 3.05) is 12.8 Å². The number of benzene rings is 1. The fourth-order valence-corrected chi connectivity index (χ4v) is 1.59. The maximum atomic E-state index is 13.0. The van der Waals surface area contributed by atoms with Crippen molar-refractivity contribution in [1.82, 2.24) is 0 Å². The molecule has 0 saturated heterocycles. The molecule has 14 heavy (non-hydrogen) atoms. The van der Waals surface area contributed by atoms with Crippen LogP contribution >= 0.6 is 28.1 Å². The second-order valence-electron chi connectivity index (χ2n) is 2.72. The Morgan fingerprint density at radius 2 is 2.29 bits per heavy atom. The minimum Gasteiger partial charge on any atom is -0.490 e. The molecule has 1 rings (SSSR count). The minimum atomic E-state index is -0.441. The average molecular weight is 278 g/mol. The number of methoxy groups -OCH3 is 1. The van der Waals surface area contributed by atoms with Crippen molar-refractivity contribution in [3.8, 4) is 0 Å². The van der Waals surface area contributed by atoms with Gasteiger partial charge in [0.15, 0.2) is 5.05 Å². The number of halogens is 2. The van der Waals surface area contributed by atoms with Crippen LogP contribution in [-0.2, 0) is 11.2 Å². The molecule has 0 unspecified atom stereocenters. The molecule has 0 heterocycles. The van der Waals surface area contributed by atoms with Crippen LogP contribution in [0.2, 0.25) is 0 Å². The lowest BCUT2D eigenvalue weighted by atomic mass is 10.1. The van der Waals surface area contributed by atoms with Crippen LogP contribution in [0, 0.1) is 5.82 Å². The lowest BCUT2D eigenvalue weighted by Crippen LogP contribution is -2.04. The van der Waals surface area contributed by atoms with Gasteiger partial charge < -0.3 is 10.5 Å². The first-order valence-corrected chi connectivity index (χ1v) is 5.05. The molecule has 1 aromatic rings. The van der Waals surface area contributed by atoms with E-state index >= 15 is 0 Å². The number of anilines is 1. The fraction of sp³-hybridized carbons (Fsp3) is 0.222. The van der Waals surface area contributed by atoms with Crippen LogP contribution in [0.15, 0.2) is 16.6 Å². The minimum absolute atomic E-state index is 0.113. The highest BCUT2D eigenvalue weighted by Crippen LogP contribution is 2.23. The molecule has 0 aliphatic heterocycles. The van der Waals surface area contributed by atoms with Gasteiger partial charge in [-0.3, -0.25) is 0 Å². The SMILES string of the molecule is COC(=S)Cc1cc(N)c(F)cc1Br. The first kappa shape index (κ1) is 11.4. The van der Waals surface area contributed by atoms with Gasteiger partial charge in [-0.15, -0.1) is 0 Å². The Balaban J connectivity index is 2.98. The maximum Gasteiger partial charge on any atom is 0.163 e. The van der Waals surface area contributed by atoms with Crippen molar-refractivity contribution in [3.05, 3.63) is 28.0 Å². The number of rotatable bonds is 2. The number of thiocarbonyl (C=S) groups is 1. The normalized spacial score (nSPS) is 9.93. The van der Waals surface area contributed by atoms with Crippen molar-refractivity contribution in [2.45, 2.75) is 6.42 Å². The number of hydrogen-bond acceptors (Lipinski definition) is 3. The van der Waals surface area contributed by atoms with Crippen LogP contribution in [0.25, 0.3) is 0 Å². The zero-order valence-corrected chi connectivity index (χ0v) is 9.91. The Bertz CT molecular complexity index is 370. The molecule has 0 saturated carbocycles. The molecule has 0 aromatic heterocycles. The Morgan fingerprint density at radius 1 is 1.64 bits per heavy atom. The second-order valence-corrected chi connectivity index (χ2v) is 4.03. The summed E-state index contributed by atoms with van der Waals surface area (Å²) in [5.74, 6) is -0.441.